The number of nitrogens with zero attached hydrogens (tertiary/aromatic N) is 1. The predicted molar refractivity (Wildman–Crippen MR) is 89.5 cm³/mol. The van der Waals surface area contributed by atoms with Crippen LogP contribution >= 0.6 is 11.6 Å². The lowest BCUT2D eigenvalue weighted by Crippen LogP contribution is -2.12. The van der Waals surface area contributed by atoms with Gasteiger partial charge in [0.2, 0.25) is 0 Å². The molecule has 0 aliphatic carbocycles. The summed E-state index contributed by atoms with van der Waals surface area (Å²) < 4.78 is 10.5. The van der Waals surface area contributed by atoms with Crippen LogP contribution in [-0.2, 0) is 9.53 Å². The van der Waals surface area contributed by atoms with Crippen molar-refractivity contribution in [3.05, 3.63) is 53.1 Å². The summed E-state index contributed by atoms with van der Waals surface area (Å²) in [7, 11) is 0. The highest BCUT2D eigenvalue weighted by Crippen LogP contribution is 2.31. The highest BCUT2D eigenvalue weighted by atomic mass is 35.5. The van der Waals surface area contributed by atoms with E-state index >= 15 is 0 Å². The van der Waals surface area contributed by atoms with Crippen LogP contribution in [-0.4, -0.2) is 17.7 Å². The molecule has 0 aliphatic rings. The fourth-order valence-electron chi connectivity index (χ4n) is 2.44. The van der Waals surface area contributed by atoms with E-state index in [1.807, 2.05) is 49.4 Å². The molecule has 3 aromatic rings. The molecule has 23 heavy (non-hydrogen) atoms. The van der Waals surface area contributed by atoms with E-state index in [9.17, 15) is 4.79 Å². The molecule has 118 valence electrons. The van der Waals surface area contributed by atoms with Crippen molar-refractivity contribution in [3.63, 3.8) is 0 Å². The monoisotopic (exact) mass is 329 g/mol. The third kappa shape index (κ3) is 3.08. The normalized spacial score (nSPS) is 12.3. The number of rotatable bonds is 4. The maximum Gasteiger partial charge on any atom is 0.313 e. The summed E-state index contributed by atoms with van der Waals surface area (Å²) in [6, 6.07) is 13.0. The third-order valence-electron chi connectivity index (χ3n) is 3.75. The highest BCUT2D eigenvalue weighted by molar-refractivity contribution is 6.30. The first-order valence-electron chi connectivity index (χ1n) is 7.42. The van der Waals surface area contributed by atoms with Crippen LogP contribution < -0.4 is 0 Å². The number of carbonyl (C=O) groups excluding carboxylic acids is 1. The van der Waals surface area contributed by atoms with Crippen LogP contribution in [0, 0.1) is 0 Å². The molecule has 0 fully saturated rings. The zero-order chi connectivity index (χ0) is 16.4. The summed E-state index contributed by atoms with van der Waals surface area (Å²) in [5.41, 5.74) is 3.19. The van der Waals surface area contributed by atoms with Gasteiger partial charge in [0.05, 0.1) is 12.5 Å². The maximum absolute atomic E-state index is 11.9. The van der Waals surface area contributed by atoms with Crippen LogP contribution in [0.4, 0.5) is 0 Å². The minimum absolute atomic E-state index is 0.239. The van der Waals surface area contributed by atoms with E-state index in [1.54, 1.807) is 6.92 Å². The van der Waals surface area contributed by atoms with Gasteiger partial charge in [-0.25, -0.2) is 0 Å². The molecule has 3 rings (SSSR count). The van der Waals surface area contributed by atoms with E-state index in [1.165, 1.54) is 0 Å². The average molecular weight is 330 g/mol. The lowest BCUT2D eigenvalue weighted by molar-refractivity contribution is -0.144. The van der Waals surface area contributed by atoms with E-state index in [0.29, 0.717) is 17.2 Å². The van der Waals surface area contributed by atoms with Crippen molar-refractivity contribution in [2.24, 2.45) is 0 Å². The molecule has 0 amide bonds. The van der Waals surface area contributed by atoms with Gasteiger partial charge in [0.25, 0.3) is 0 Å². The van der Waals surface area contributed by atoms with E-state index in [2.05, 4.69) is 5.16 Å². The number of esters is 1. The van der Waals surface area contributed by atoms with E-state index < -0.39 is 0 Å². The SMILES string of the molecule is CCOC(=O)C(C)c1ccc2onc(-c3ccc(Cl)cc3)c2c1. The lowest BCUT2D eigenvalue weighted by Gasteiger charge is -2.10. The molecular weight excluding hydrogens is 314 g/mol. The molecule has 0 aliphatic heterocycles. The number of carbonyl (C=O) groups is 1. The Morgan fingerprint density at radius 3 is 2.70 bits per heavy atom. The third-order valence-corrected chi connectivity index (χ3v) is 4.00. The summed E-state index contributed by atoms with van der Waals surface area (Å²) in [5, 5.41) is 5.67. The van der Waals surface area contributed by atoms with Gasteiger partial charge in [-0.1, -0.05) is 35.0 Å². The Hall–Kier alpha value is -2.33. The van der Waals surface area contributed by atoms with Gasteiger partial charge in [-0.2, -0.15) is 0 Å². The molecule has 0 saturated carbocycles. The van der Waals surface area contributed by atoms with Gasteiger partial charge >= 0.3 is 5.97 Å². The predicted octanol–water partition coefficient (Wildman–Crippen LogP) is 4.81. The topological polar surface area (TPSA) is 52.3 Å². The Kier molecular flexibility index (Phi) is 4.35. The van der Waals surface area contributed by atoms with Crippen molar-refractivity contribution in [2.75, 3.05) is 6.61 Å². The molecule has 5 heteroatoms. The van der Waals surface area contributed by atoms with Gasteiger partial charge in [0.1, 0.15) is 5.69 Å². The van der Waals surface area contributed by atoms with Crippen molar-refractivity contribution in [3.8, 4) is 11.3 Å². The van der Waals surface area contributed by atoms with Crippen molar-refractivity contribution in [2.45, 2.75) is 19.8 Å². The smallest absolute Gasteiger partial charge is 0.313 e. The quantitative estimate of drug-likeness (QED) is 0.644. The zero-order valence-electron chi connectivity index (χ0n) is 12.9. The molecule has 1 aromatic heterocycles. The summed E-state index contributed by atoms with van der Waals surface area (Å²) in [5.74, 6) is -0.580. The first kappa shape index (κ1) is 15.6. The number of hydrogen-bond acceptors (Lipinski definition) is 4. The van der Waals surface area contributed by atoms with Crippen LogP contribution in [0.3, 0.4) is 0 Å². The lowest BCUT2D eigenvalue weighted by atomic mass is 9.98. The van der Waals surface area contributed by atoms with Crippen molar-refractivity contribution < 1.29 is 14.1 Å². The Morgan fingerprint density at radius 1 is 1.26 bits per heavy atom. The van der Waals surface area contributed by atoms with Crippen LogP contribution in [0.5, 0.6) is 0 Å². The fraction of sp³-hybridized carbons (Fsp3) is 0.222. The van der Waals surface area contributed by atoms with Crippen LogP contribution in [0.2, 0.25) is 5.02 Å². The molecule has 0 radical (unpaired) electrons. The van der Waals surface area contributed by atoms with Gasteiger partial charge < -0.3 is 9.26 Å². The van der Waals surface area contributed by atoms with Crippen molar-refractivity contribution in [1.29, 1.82) is 0 Å². The number of aromatic nitrogens is 1. The molecule has 1 unspecified atom stereocenters. The second-order valence-electron chi connectivity index (χ2n) is 5.27. The fourth-order valence-corrected chi connectivity index (χ4v) is 2.57. The van der Waals surface area contributed by atoms with Gasteiger partial charge in [-0.3, -0.25) is 4.79 Å². The first-order valence-corrected chi connectivity index (χ1v) is 7.80. The molecule has 0 N–H and O–H groups in total. The van der Waals surface area contributed by atoms with Crippen LogP contribution in [0.1, 0.15) is 25.3 Å². The molecule has 0 spiro atoms. The van der Waals surface area contributed by atoms with E-state index in [-0.39, 0.29) is 11.9 Å². The molecular formula is C18H16ClNO3. The number of fused-ring (bicyclic) bond motifs is 1. The standard InChI is InChI=1S/C18H16ClNO3/c1-3-22-18(21)11(2)13-6-9-16-15(10-13)17(20-23-16)12-4-7-14(19)8-5-12/h4-11H,3H2,1-2H3. The maximum atomic E-state index is 11.9. The highest BCUT2D eigenvalue weighted by Gasteiger charge is 2.19. The minimum Gasteiger partial charge on any atom is -0.466 e. The van der Waals surface area contributed by atoms with E-state index in [0.717, 1.165) is 22.2 Å². The second kappa shape index (κ2) is 6.42. The van der Waals surface area contributed by atoms with Gasteiger partial charge in [-0.15, -0.1) is 0 Å². The summed E-state index contributed by atoms with van der Waals surface area (Å²) >= 11 is 5.93. The van der Waals surface area contributed by atoms with Crippen molar-refractivity contribution in [1.82, 2.24) is 5.16 Å². The summed E-state index contributed by atoms with van der Waals surface area (Å²) in [6.45, 7) is 4.00. The average Bonchev–Trinajstić information content (AvgIpc) is 2.98. The molecule has 0 saturated heterocycles. The largest absolute Gasteiger partial charge is 0.466 e. The van der Waals surface area contributed by atoms with Crippen LogP contribution in [0.25, 0.3) is 22.2 Å². The first-order chi connectivity index (χ1) is 11.1. The Balaban J connectivity index is 2.03. The number of halogens is 1. The minimum atomic E-state index is -0.340. The molecule has 0 bridgehead atoms. The molecule has 1 atom stereocenters. The van der Waals surface area contributed by atoms with E-state index in [4.69, 9.17) is 20.9 Å². The molecule has 4 nitrogen and oxygen atoms in total. The van der Waals surface area contributed by atoms with Gasteiger partial charge in [-0.05, 0) is 43.7 Å². The summed E-state index contributed by atoms with van der Waals surface area (Å²) in [6.07, 6.45) is 0. The van der Waals surface area contributed by atoms with Crippen molar-refractivity contribution >= 4 is 28.5 Å². The van der Waals surface area contributed by atoms with Gasteiger partial charge in [0.15, 0.2) is 5.58 Å². The molecule has 2 aromatic carbocycles. The van der Waals surface area contributed by atoms with Gasteiger partial charge in [0, 0.05) is 16.0 Å². The number of hydrogen-bond donors (Lipinski definition) is 0. The Bertz CT molecular complexity index is 839. The number of ether oxygens (including phenoxy) is 1. The zero-order valence-corrected chi connectivity index (χ0v) is 13.6. The molecule has 1 heterocycles. The van der Waals surface area contributed by atoms with Crippen LogP contribution in [0.15, 0.2) is 47.0 Å². The summed E-state index contributed by atoms with van der Waals surface area (Å²) in [4.78, 5) is 11.9. The second-order valence-corrected chi connectivity index (χ2v) is 5.70. The Labute approximate surface area is 139 Å². The Morgan fingerprint density at radius 2 is 2.00 bits per heavy atom. The number of benzene rings is 2.